The van der Waals surface area contributed by atoms with E-state index in [1.807, 2.05) is 0 Å². The SMILES string of the molecule is CC(C)(C)OC(=O)C1(c2ccc(C(=O)C(F)(F)F)cc2)CCCCC1. The Morgan fingerprint density at radius 1 is 0.960 bits per heavy atom. The van der Waals surface area contributed by atoms with Crippen molar-refractivity contribution in [3.63, 3.8) is 0 Å². The van der Waals surface area contributed by atoms with Crippen LogP contribution in [0.1, 0.15) is 68.8 Å². The number of alkyl halides is 3. The van der Waals surface area contributed by atoms with Crippen LogP contribution < -0.4 is 0 Å². The smallest absolute Gasteiger partial charge is 0.454 e. The van der Waals surface area contributed by atoms with Crippen molar-refractivity contribution < 1.29 is 27.5 Å². The maximum Gasteiger partial charge on any atom is 0.454 e. The van der Waals surface area contributed by atoms with Crippen LogP contribution in [-0.4, -0.2) is 23.5 Å². The fraction of sp³-hybridized carbons (Fsp3) is 0.579. The highest BCUT2D eigenvalue weighted by Gasteiger charge is 2.44. The van der Waals surface area contributed by atoms with E-state index in [4.69, 9.17) is 4.74 Å². The van der Waals surface area contributed by atoms with E-state index in [-0.39, 0.29) is 5.97 Å². The number of ketones is 1. The highest BCUT2D eigenvalue weighted by molar-refractivity contribution is 6.00. The molecule has 2 rings (SSSR count). The van der Waals surface area contributed by atoms with Crippen molar-refractivity contribution in [1.82, 2.24) is 0 Å². The molecule has 0 heterocycles. The number of hydrogen-bond acceptors (Lipinski definition) is 3. The number of ether oxygens (including phenoxy) is 1. The maximum atomic E-state index is 12.8. The number of benzene rings is 1. The lowest BCUT2D eigenvalue weighted by Crippen LogP contribution is -2.42. The number of esters is 1. The first-order valence-corrected chi connectivity index (χ1v) is 8.41. The molecule has 1 aromatic carbocycles. The number of hydrogen-bond donors (Lipinski definition) is 0. The molecule has 0 unspecified atom stereocenters. The van der Waals surface area contributed by atoms with E-state index in [1.54, 1.807) is 20.8 Å². The van der Waals surface area contributed by atoms with Gasteiger partial charge < -0.3 is 4.74 Å². The normalized spacial score (nSPS) is 17.8. The van der Waals surface area contributed by atoms with Gasteiger partial charge in [0.15, 0.2) is 0 Å². The van der Waals surface area contributed by atoms with Gasteiger partial charge in [0.25, 0.3) is 5.78 Å². The van der Waals surface area contributed by atoms with Gasteiger partial charge in [-0.15, -0.1) is 0 Å². The highest BCUT2D eigenvalue weighted by atomic mass is 19.4. The quantitative estimate of drug-likeness (QED) is 0.567. The molecule has 0 spiro atoms. The Bertz CT molecular complexity index is 633. The minimum absolute atomic E-state index is 0.352. The van der Waals surface area contributed by atoms with Gasteiger partial charge >= 0.3 is 12.1 Å². The second-order valence-electron chi connectivity index (χ2n) is 7.55. The van der Waals surface area contributed by atoms with Gasteiger partial charge in [-0.1, -0.05) is 43.5 Å². The Hall–Kier alpha value is -1.85. The van der Waals surface area contributed by atoms with Crippen LogP contribution in [0.15, 0.2) is 24.3 Å². The number of carbonyl (C=O) groups excluding carboxylic acids is 2. The first-order chi connectivity index (χ1) is 11.5. The molecular weight excluding hydrogens is 333 g/mol. The van der Waals surface area contributed by atoms with Gasteiger partial charge in [-0.25, -0.2) is 0 Å². The minimum Gasteiger partial charge on any atom is -0.459 e. The minimum atomic E-state index is -4.91. The molecule has 1 aliphatic carbocycles. The zero-order valence-electron chi connectivity index (χ0n) is 14.7. The monoisotopic (exact) mass is 356 g/mol. The average molecular weight is 356 g/mol. The molecule has 1 aliphatic rings. The summed E-state index contributed by atoms with van der Waals surface area (Å²) in [7, 11) is 0. The molecule has 0 aromatic heterocycles. The number of halogens is 3. The van der Waals surface area contributed by atoms with E-state index in [0.29, 0.717) is 18.4 Å². The van der Waals surface area contributed by atoms with Gasteiger partial charge in [0.1, 0.15) is 5.60 Å². The molecule has 3 nitrogen and oxygen atoms in total. The zero-order chi connectivity index (χ0) is 18.9. The van der Waals surface area contributed by atoms with Crippen LogP contribution in [0.5, 0.6) is 0 Å². The van der Waals surface area contributed by atoms with Crippen LogP contribution in [0.2, 0.25) is 0 Å². The third-order valence-corrected chi connectivity index (χ3v) is 4.45. The van der Waals surface area contributed by atoms with Crippen LogP contribution >= 0.6 is 0 Å². The molecule has 1 fully saturated rings. The van der Waals surface area contributed by atoms with Gasteiger partial charge in [-0.05, 0) is 39.2 Å². The Morgan fingerprint density at radius 3 is 1.92 bits per heavy atom. The van der Waals surface area contributed by atoms with Crippen molar-refractivity contribution in [2.75, 3.05) is 0 Å². The largest absolute Gasteiger partial charge is 0.459 e. The van der Waals surface area contributed by atoms with E-state index < -0.39 is 28.5 Å². The third kappa shape index (κ3) is 4.41. The molecule has 0 amide bonds. The van der Waals surface area contributed by atoms with Gasteiger partial charge in [-0.2, -0.15) is 13.2 Å². The molecule has 138 valence electrons. The van der Waals surface area contributed by atoms with Crippen molar-refractivity contribution in [2.45, 2.75) is 70.1 Å². The Morgan fingerprint density at radius 2 is 1.48 bits per heavy atom. The lowest BCUT2D eigenvalue weighted by atomic mass is 9.69. The summed E-state index contributed by atoms with van der Waals surface area (Å²) in [6, 6.07) is 5.19. The van der Waals surface area contributed by atoms with Crippen molar-refractivity contribution >= 4 is 11.8 Å². The molecule has 0 N–H and O–H groups in total. The van der Waals surface area contributed by atoms with Crippen LogP contribution in [0.3, 0.4) is 0 Å². The summed E-state index contributed by atoms with van der Waals surface area (Å²) in [6.07, 6.45) is -1.02. The summed E-state index contributed by atoms with van der Waals surface area (Å²) in [5, 5.41) is 0. The van der Waals surface area contributed by atoms with E-state index in [1.165, 1.54) is 12.1 Å². The topological polar surface area (TPSA) is 43.4 Å². The summed E-state index contributed by atoms with van der Waals surface area (Å²) in [5.74, 6) is -2.23. The molecule has 0 radical (unpaired) electrons. The molecule has 25 heavy (non-hydrogen) atoms. The van der Waals surface area contributed by atoms with E-state index >= 15 is 0 Å². The van der Waals surface area contributed by atoms with Gasteiger partial charge in [0, 0.05) is 5.56 Å². The zero-order valence-corrected chi connectivity index (χ0v) is 14.7. The second-order valence-corrected chi connectivity index (χ2v) is 7.55. The molecule has 0 saturated heterocycles. The summed E-state index contributed by atoms with van der Waals surface area (Å²) in [5.41, 5.74) is -1.31. The highest BCUT2D eigenvalue weighted by Crippen LogP contribution is 2.41. The molecule has 1 saturated carbocycles. The summed E-state index contributed by atoms with van der Waals surface area (Å²) in [4.78, 5) is 24.2. The molecular formula is C19H23F3O3. The van der Waals surface area contributed by atoms with E-state index in [9.17, 15) is 22.8 Å². The Balaban J connectivity index is 2.36. The second kappa shape index (κ2) is 6.81. The van der Waals surface area contributed by atoms with Crippen molar-refractivity contribution in [3.8, 4) is 0 Å². The lowest BCUT2D eigenvalue weighted by Gasteiger charge is -2.37. The molecule has 6 heteroatoms. The fourth-order valence-electron chi connectivity index (χ4n) is 3.25. The van der Waals surface area contributed by atoms with Gasteiger partial charge in [0.2, 0.25) is 0 Å². The lowest BCUT2D eigenvalue weighted by molar-refractivity contribution is -0.163. The van der Waals surface area contributed by atoms with Crippen molar-refractivity contribution in [2.24, 2.45) is 0 Å². The number of Topliss-reactive ketones (excluding diaryl/α,β-unsaturated/α-hetero) is 1. The number of carbonyl (C=O) groups is 2. The summed E-state index contributed by atoms with van der Waals surface area (Å²) >= 11 is 0. The van der Waals surface area contributed by atoms with Crippen molar-refractivity contribution in [1.29, 1.82) is 0 Å². The fourth-order valence-corrected chi connectivity index (χ4v) is 3.25. The summed E-state index contributed by atoms with van der Waals surface area (Å²) in [6.45, 7) is 5.35. The third-order valence-electron chi connectivity index (χ3n) is 4.45. The molecule has 0 atom stereocenters. The standard InChI is InChI=1S/C19H23F3O3/c1-17(2,3)25-16(24)18(11-5-4-6-12-18)14-9-7-13(8-10-14)15(23)19(20,21)22/h7-10H,4-6,11-12H2,1-3H3. The molecule has 0 bridgehead atoms. The number of rotatable bonds is 3. The Kier molecular flexibility index (Phi) is 5.30. The summed E-state index contributed by atoms with van der Waals surface area (Å²) < 4.78 is 43.2. The van der Waals surface area contributed by atoms with Crippen LogP contribution in [0.25, 0.3) is 0 Å². The van der Waals surface area contributed by atoms with Crippen LogP contribution in [0.4, 0.5) is 13.2 Å². The van der Waals surface area contributed by atoms with E-state index in [2.05, 4.69) is 0 Å². The van der Waals surface area contributed by atoms with Crippen LogP contribution in [0, 0.1) is 0 Å². The first kappa shape index (κ1) is 19.5. The van der Waals surface area contributed by atoms with Gasteiger partial charge in [0.05, 0.1) is 5.41 Å². The first-order valence-electron chi connectivity index (χ1n) is 8.41. The van der Waals surface area contributed by atoms with Gasteiger partial charge in [-0.3, -0.25) is 9.59 Å². The molecule has 0 aliphatic heterocycles. The van der Waals surface area contributed by atoms with Crippen molar-refractivity contribution in [3.05, 3.63) is 35.4 Å². The Labute approximate surface area is 145 Å². The predicted octanol–water partition coefficient (Wildman–Crippen LogP) is 4.98. The maximum absolute atomic E-state index is 12.8. The molecule has 1 aromatic rings. The average Bonchev–Trinajstić information content (AvgIpc) is 2.52. The van der Waals surface area contributed by atoms with E-state index in [0.717, 1.165) is 31.4 Å². The van der Waals surface area contributed by atoms with Crippen LogP contribution in [-0.2, 0) is 14.9 Å². The predicted molar refractivity (Wildman–Crippen MR) is 87.4 cm³/mol.